The van der Waals surface area contributed by atoms with Crippen LogP contribution in [0.5, 0.6) is 0 Å². The highest BCUT2D eigenvalue weighted by atomic mass is 127. The van der Waals surface area contributed by atoms with E-state index in [4.69, 9.17) is 0 Å². The Morgan fingerprint density at radius 3 is 2.18 bits per heavy atom. The average molecular weight is 385 g/mol. The van der Waals surface area contributed by atoms with Gasteiger partial charge in [-0.1, -0.05) is 12.1 Å². The number of hydrogen-bond acceptors (Lipinski definition) is 0. The van der Waals surface area contributed by atoms with E-state index >= 15 is 0 Å². The monoisotopic (exact) mass is 385 g/mol. The molecule has 0 saturated carbocycles. The van der Waals surface area contributed by atoms with Gasteiger partial charge in [-0.2, -0.15) is 0 Å². The molecular formula is C8H7I2Si. The maximum Gasteiger partial charge on any atom is 0.0225 e. The lowest BCUT2D eigenvalue weighted by Gasteiger charge is -2.04. The van der Waals surface area contributed by atoms with Crippen molar-refractivity contribution in [2.24, 2.45) is 0 Å². The van der Waals surface area contributed by atoms with Gasteiger partial charge in [0.2, 0.25) is 0 Å². The molecule has 0 spiro atoms. The van der Waals surface area contributed by atoms with Gasteiger partial charge in [-0.25, -0.2) is 0 Å². The minimum absolute atomic E-state index is 1.04. The summed E-state index contributed by atoms with van der Waals surface area (Å²) in [5.41, 5.74) is 1.46. The van der Waals surface area contributed by atoms with Crippen LogP contribution in [0.15, 0.2) is 18.2 Å². The van der Waals surface area contributed by atoms with Crippen molar-refractivity contribution in [1.29, 1.82) is 0 Å². The van der Waals surface area contributed by atoms with Crippen molar-refractivity contribution in [2.45, 2.75) is 12.5 Å². The van der Waals surface area contributed by atoms with Crippen molar-refractivity contribution in [3.8, 4) is 0 Å². The zero-order valence-corrected chi connectivity index (χ0v) is 11.2. The van der Waals surface area contributed by atoms with E-state index in [9.17, 15) is 0 Å². The van der Waals surface area contributed by atoms with Gasteiger partial charge in [0.1, 0.15) is 0 Å². The molecule has 1 rings (SSSR count). The van der Waals surface area contributed by atoms with Crippen LogP contribution < -0.4 is 0 Å². The molecule has 0 nitrogen and oxygen atoms in total. The van der Waals surface area contributed by atoms with Gasteiger partial charge in [-0.05, 0) is 69.3 Å². The van der Waals surface area contributed by atoms with E-state index in [1.807, 2.05) is 0 Å². The fourth-order valence-electron chi connectivity index (χ4n) is 0.896. The molecule has 0 aliphatic heterocycles. The predicted octanol–water partition coefficient (Wildman–Crippen LogP) is 3.03. The zero-order chi connectivity index (χ0) is 8.27. The molecule has 0 aromatic heterocycles. The standard InChI is InChI=1S/C8H7I2Si/c9-7-2-1-3-8(10)6(7)4-5-11/h1-3H,4-5H2. The van der Waals surface area contributed by atoms with Gasteiger partial charge >= 0.3 is 0 Å². The number of hydrogen-bond donors (Lipinski definition) is 0. The smallest absolute Gasteiger partial charge is 0.0225 e. The van der Waals surface area contributed by atoms with Crippen LogP contribution in [0.1, 0.15) is 5.56 Å². The maximum atomic E-state index is 3.49. The Kier molecular flexibility index (Phi) is 4.36. The molecule has 0 N–H and O–H groups in total. The van der Waals surface area contributed by atoms with Crippen LogP contribution in [0.2, 0.25) is 6.04 Å². The van der Waals surface area contributed by atoms with Crippen molar-refractivity contribution in [1.82, 2.24) is 0 Å². The Hall–Kier alpha value is 0.897. The van der Waals surface area contributed by atoms with E-state index in [1.54, 1.807) is 0 Å². The largest absolute Gasteiger partial charge is 0.0601 e. The topological polar surface area (TPSA) is 0 Å². The molecule has 11 heavy (non-hydrogen) atoms. The minimum atomic E-state index is 1.04. The summed E-state index contributed by atoms with van der Waals surface area (Å²) in [6.07, 6.45) is 1.12. The minimum Gasteiger partial charge on any atom is -0.0601 e. The molecule has 0 unspecified atom stereocenters. The van der Waals surface area contributed by atoms with Crippen LogP contribution in [0, 0.1) is 7.14 Å². The highest BCUT2D eigenvalue weighted by Crippen LogP contribution is 2.19. The zero-order valence-electron chi connectivity index (χ0n) is 5.90. The number of benzene rings is 1. The third-order valence-corrected chi connectivity index (χ3v) is 3.71. The third-order valence-electron chi connectivity index (χ3n) is 1.44. The quantitative estimate of drug-likeness (QED) is 0.543. The Labute approximate surface area is 97.9 Å². The lowest BCUT2D eigenvalue weighted by molar-refractivity contribution is 1.11. The summed E-state index contributed by atoms with van der Waals surface area (Å²) < 4.78 is 2.74. The van der Waals surface area contributed by atoms with Crippen molar-refractivity contribution >= 4 is 55.4 Å². The Balaban J connectivity index is 3.00. The summed E-state index contributed by atoms with van der Waals surface area (Å²) in [5.74, 6) is 0. The van der Waals surface area contributed by atoms with Gasteiger partial charge in [0.05, 0.1) is 0 Å². The van der Waals surface area contributed by atoms with E-state index in [1.165, 1.54) is 12.7 Å². The molecule has 0 saturated heterocycles. The molecule has 0 aliphatic rings. The Morgan fingerprint density at radius 1 is 1.18 bits per heavy atom. The van der Waals surface area contributed by atoms with Gasteiger partial charge in [0.15, 0.2) is 0 Å². The molecule has 0 heterocycles. The van der Waals surface area contributed by atoms with E-state index in [0.717, 1.165) is 12.5 Å². The first-order valence-electron chi connectivity index (χ1n) is 3.33. The maximum absolute atomic E-state index is 3.49. The summed E-state index contributed by atoms with van der Waals surface area (Å²) in [7, 11) is 3.49. The summed E-state index contributed by atoms with van der Waals surface area (Å²) >= 11 is 4.77. The SMILES string of the molecule is [Si]CCc1c(I)cccc1I. The van der Waals surface area contributed by atoms with Gasteiger partial charge in [-0.3, -0.25) is 0 Å². The molecule has 1 aromatic rings. The van der Waals surface area contributed by atoms with Gasteiger partial charge < -0.3 is 0 Å². The van der Waals surface area contributed by atoms with Crippen LogP contribution in [0.25, 0.3) is 0 Å². The van der Waals surface area contributed by atoms with Gasteiger partial charge in [-0.15, -0.1) is 0 Å². The second kappa shape index (κ2) is 4.81. The van der Waals surface area contributed by atoms with E-state index in [2.05, 4.69) is 73.6 Å². The highest BCUT2D eigenvalue weighted by Gasteiger charge is 2.01. The predicted molar refractivity (Wildman–Crippen MR) is 66.1 cm³/mol. The first-order chi connectivity index (χ1) is 5.25. The van der Waals surface area contributed by atoms with Crippen LogP contribution >= 0.6 is 45.2 Å². The first-order valence-corrected chi connectivity index (χ1v) is 6.19. The molecule has 0 aliphatic carbocycles. The summed E-state index contributed by atoms with van der Waals surface area (Å²) in [5, 5.41) is 0. The highest BCUT2D eigenvalue weighted by molar-refractivity contribution is 14.1. The van der Waals surface area contributed by atoms with Crippen LogP contribution in [-0.4, -0.2) is 10.2 Å². The second-order valence-corrected chi connectivity index (χ2v) is 5.02. The van der Waals surface area contributed by atoms with E-state index in [0.29, 0.717) is 0 Å². The fourth-order valence-corrected chi connectivity index (χ4v) is 3.20. The van der Waals surface area contributed by atoms with Crippen molar-refractivity contribution in [2.75, 3.05) is 0 Å². The van der Waals surface area contributed by atoms with Crippen molar-refractivity contribution in [3.63, 3.8) is 0 Å². The molecule has 0 fully saturated rings. The number of rotatable bonds is 2. The third kappa shape index (κ3) is 2.69. The fraction of sp³-hybridized carbons (Fsp3) is 0.250. The normalized spacial score (nSPS) is 10.1. The van der Waals surface area contributed by atoms with Crippen molar-refractivity contribution in [3.05, 3.63) is 30.9 Å². The molecule has 57 valence electrons. The van der Waals surface area contributed by atoms with Crippen LogP contribution in [-0.2, 0) is 6.42 Å². The molecule has 1 aromatic carbocycles. The number of halogens is 2. The van der Waals surface area contributed by atoms with E-state index in [-0.39, 0.29) is 0 Å². The van der Waals surface area contributed by atoms with Crippen molar-refractivity contribution < 1.29 is 0 Å². The summed E-state index contributed by atoms with van der Waals surface area (Å²) in [4.78, 5) is 0. The summed E-state index contributed by atoms with van der Waals surface area (Å²) in [6.45, 7) is 0. The molecule has 0 bridgehead atoms. The Bertz CT molecular complexity index is 228. The van der Waals surface area contributed by atoms with Gasteiger partial charge in [0.25, 0.3) is 0 Å². The van der Waals surface area contributed by atoms with Crippen LogP contribution in [0.3, 0.4) is 0 Å². The van der Waals surface area contributed by atoms with Crippen LogP contribution in [0.4, 0.5) is 0 Å². The first kappa shape index (κ1) is 9.98. The molecular weight excluding hydrogens is 378 g/mol. The lowest BCUT2D eigenvalue weighted by atomic mass is 10.2. The molecule has 0 amide bonds. The summed E-state index contributed by atoms with van der Waals surface area (Å²) in [6, 6.07) is 7.44. The molecule has 3 radical (unpaired) electrons. The van der Waals surface area contributed by atoms with E-state index < -0.39 is 0 Å². The lowest BCUT2D eigenvalue weighted by Crippen LogP contribution is -1.92. The second-order valence-electron chi connectivity index (χ2n) is 2.20. The Morgan fingerprint density at radius 2 is 1.73 bits per heavy atom. The van der Waals surface area contributed by atoms with Gasteiger partial charge in [0, 0.05) is 17.4 Å². The molecule has 3 heteroatoms. The average Bonchev–Trinajstić information content (AvgIpc) is 1.97. The molecule has 0 atom stereocenters.